The Balaban J connectivity index is 1.59. The molecule has 0 spiro atoms. The van der Waals surface area contributed by atoms with Crippen molar-refractivity contribution >= 4 is 17.5 Å². The van der Waals surface area contributed by atoms with E-state index in [9.17, 15) is 9.18 Å². The molecule has 0 bridgehead atoms. The molecular formula is C17H16ClFN2O2. The first-order valence-corrected chi connectivity index (χ1v) is 7.82. The molecule has 1 amide bonds. The molecule has 6 heteroatoms. The van der Waals surface area contributed by atoms with Crippen LogP contribution in [0.1, 0.15) is 23.2 Å². The molecule has 0 unspecified atom stereocenters. The molecule has 1 aromatic carbocycles. The van der Waals surface area contributed by atoms with Crippen molar-refractivity contribution in [2.24, 2.45) is 0 Å². The van der Waals surface area contributed by atoms with E-state index in [-0.39, 0.29) is 17.0 Å². The lowest BCUT2D eigenvalue weighted by atomic mass is 10.1. The molecule has 4 nitrogen and oxygen atoms in total. The molecule has 1 saturated heterocycles. The van der Waals surface area contributed by atoms with Crippen LogP contribution in [0.15, 0.2) is 42.7 Å². The molecular weight excluding hydrogens is 319 g/mol. The van der Waals surface area contributed by atoms with Gasteiger partial charge in [-0.05, 0) is 30.3 Å². The molecule has 1 aliphatic rings. The van der Waals surface area contributed by atoms with E-state index in [0.717, 1.165) is 24.7 Å². The Hall–Kier alpha value is -2.14. The van der Waals surface area contributed by atoms with Crippen molar-refractivity contribution in [3.8, 4) is 5.75 Å². The second kappa shape index (κ2) is 6.96. The standard InChI is InChI=1S/C17H16ClFN2O2/c18-16-10-12(19)3-4-15(16)17(22)21-8-5-13(6-9-21)23-14-2-1-7-20-11-14/h1-4,7,10-11,13H,5-6,8-9H2. The number of nitrogens with zero attached hydrogens (tertiary/aromatic N) is 2. The number of hydrogen-bond acceptors (Lipinski definition) is 3. The van der Waals surface area contributed by atoms with Gasteiger partial charge in [-0.2, -0.15) is 0 Å². The highest BCUT2D eigenvalue weighted by molar-refractivity contribution is 6.33. The van der Waals surface area contributed by atoms with Crippen molar-refractivity contribution in [3.63, 3.8) is 0 Å². The van der Waals surface area contributed by atoms with Crippen LogP contribution in [-0.4, -0.2) is 35.0 Å². The molecule has 2 aromatic rings. The molecule has 1 aromatic heterocycles. The summed E-state index contributed by atoms with van der Waals surface area (Å²) in [6.07, 6.45) is 4.90. The Kier molecular flexibility index (Phi) is 4.76. The number of aromatic nitrogens is 1. The number of carbonyl (C=O) groups is 1. The summed E-state index contributed by atoms with van der Waals surface area (Å²) in [7, 11) is 0. The van der Waals surface area contributed by atoms with E-state index >= 15 is 0 Å². The first kappa shape index (κ1) is 15.7. The van der Waals surface area contributed by atoms with Gasteiger partial charge in [-0.3, -0.25) is 9.78 Å². The molecule has 23 heavy (non-hydrogen) atoms. The van der Waals surface area contributed by atoms with Crippen LogP contribution in [0, 0.1) is 5.82 Å². The summed E-state index contributed by atoms with van der Waals surface area (Å²) in [4.78, 5) is 18.2. The zero-order chi connectivity index (χ0) is 16.2. The number of pyridine rings is 1. The Morgan fingerprint density at radius 1 is 1.30 bits per heavy atom. The Morgan fingerprint density at radius 3 is 2.74 bits per heavy atom. The van der Waals surface area contributed by atoms with Gasteiger partial charge in [-0.15, -0.1) is 0 Å². The second-order valence-corrected chi connectivity index (χ2v) is 5.83. The van der Waals surface area contributed by atoms with Crippen LogP contribution in [0.4, 0.5) is 4.39 Å². The maximum Gasteiger partial charge on any atom is 0.255 e. The van der Waals surface area contributed by atoms with E-state index in [1.807, 2.05) is 12.1 Å². The highest BCUT2D eigenvalue weighted by Gasteiger charge is 2.26. The second-order valence-electron chi connectivity index (χ2n) is 5.42. The lowest BCUT2D eigenvalue weighted by molar-refractivity contribution is 0.0595. The molecule has 1 fully saturated rings. The van der Waals surface area contributed by atoms with Crippen molar-refractivity contribution in [3.05, 3.63) is 59.1 Å². The zero-order valence-corrected chi connectivity index (χ0v) is 13.2. The molecule has 0 saturated carbocycles. The van der Waals surface area contributed by atoms with E-state index in [1.165, 1.54) is 12.1 Å². The van der Waals surface area contributed by atoms with Crippen LogP contribution in [0.5, 0.6) is 5.75 Å². The Labute approximate surface area is 138 Å². The number of piperidine rings is 1. The summed E-state index contributed by atoms with van der Waals surface area (Å²) in [6.45, 7) is 1.16. The first-order valence-electron chi connectivity index (χ1n) is 7.44. The lowest BCUT2D eigenvalue weighted by Crippen LogP contribution is -2.41. The Morgan fingerprint density at radius 2 is 2.09 bits per heavy atom. The minimum atomic E-state index is -0.449. The lowest BCUT2D eigenvalue weighted by Gasteiger charge is -2.32. The maximum absolute atomic E-state index is 13.1. The predicted octanol–water partition coefficient (Wildman–Crippen LogP) is 3.56. The minimum absolute atomic E-state index is 0.0620. The number of benzene rings is 1. The summed E-state index contributed by atoms with van der Waals surface area (Å²) in [6, 6.07) is 7.52. The van der Waals surface area contributed by atoms with Gasteiger partial charge in [0.2, 0.25) is 0 Å². The number of rotatable bonds is 3. The number of amides is 1. The van der Waals surface area contributed by atoms with Gasteiger partial charge in [-0.1, -0.05) is 11.6 Å². The fourth-order valence-electron chi connectivity index (χ4n) is 2.62. The molecule has 0 aliphatic carbocycles. The smallest absolute Gasteiger partial charge is 0.255 e. The summed E-state index contributed by atoms with van der Waals surface area (Å²) >= 11 is 5.96. The van der Waals surface area contributed by atoms with E-state index in [4.69, 9.17) is 16.3 Å². The maximum atomic E-state index is 13.1. The highest BCUT2D eigenvalue weighted by atomic mass is 35.5. The minimum Gasteiger partial charge on any atom is -0.489 e. The zero-order valence-electron chi connectivity index (χ0n) is 12.4. The summed E-state index contributed by atoms with van der Waals surface area (Å²) in [5, 5.41) is 0.142. The van der Waals surface area contributed by atoms with Gasteiger partial charge < -0.3 is 9.64 Å². The molecule has 0 radical (unpaired) electrons. The monoisotopic (exact) mass is 334 g/mol. The van der Waals surface area contributed by atoms with Gasteiger partial charge in [0.1, 0.15) is 17.7 Å². The number of likely N-dealkylation sites (tertiary alicyclic amines) is 1. The van der Waals surface area contributed by atoms with Crippen molar-refractivity contribution in [1.82, 2.24) is 9.88 Å². The fourth-order valence-corrected chi connectivity index (χ4v) is 2.87. The number of carbonyl (C=O) groups excluding carboxylic acids is 1. The van der Waals surface area contributed by atoms with Crippen molar-refractivity contribution in [1.29, 1.82) is 0 Å². The topological polar surface area (TPSA) is 42.4 Å². The van der Waals surface area contributed by atoms with Gasteiger partial charge in [-0.25, -0.2) is 4.39 Å². The summed E-state index contributed by atoms with van der Waals surface area (Å²) in [5.41, 5.74) is 0.333. The normalized spacial score (nSPS) is 15.5. The third-order valence-corrected chi connectivity index (χ3v) is 4.14. The SMILES string of the molecule is O=C(c1ccc(F)cc1Cl)N1CCC(Oc2cccnc2)CC1. The van der Waals surface area contributed by atoms with E-state index < -0.39 is 5.82 Å². The van der Waals surface area contributed by atoms with Crippen LogP contribution in [0.25, 0.3) is 0 Å². The predicted molar refractivity (Wildman–Crippen MR) is 85.2 cm³/mol. The number of halogens is 2. The molecule has 0 atom stereocenters. The number of hydrogen-bond donors (Lipinski definition) is 0. The first-order chi connectivity index (χ1) is 11.1. The van der Waals surface area contributed by atoms with Crippen LogP contribution in [0.2, 0.25) is 5.02 Å². The third kappa shape index (κ3) is 3.79. The van der Waals surface area contributed by atoms with Gasteiger partial charge in [0.05, 0.1) is 16.8 Å². The molecule has 1 aliphatic heterocycles. The van der Waals surface area contributed by atoms with Crippen molar-refractivity contribution in [2.45, 2.75) is 18.9 Å². The molecule has 0 N–H and O–H groups in total. The molecule has 120 valence electrons. The average Bonchev–Trinajstić information content (AvgIpc) is 2.56. The van der Waals surface area contributed by atoms with Gasteiger partial charge >= 0.3 is 0 Å². The number of ether oxygens (including phenoxy) is 1. The van der Waals surface area contributed by atoms with Gasteiger partial charge in [0.25, 0.3) is 5.91 Å². The van der Waals surface area contributed by atoms with Crippen molar-refractivity contribution < 1.29 is 13.9 Å². The van der Waals surface area contributed by atoms with Gasteiger partial charge in [0, 0.05) is 32.1 Å². The van der Waals surface area contributed by atoms with E-state index in [0.29, 0.717) is 18.7 Å². The third-order valence-electron chi connectivity index (χ3n) is 3.83. The van der Waals surface area contributed by atoms with Crippen LogP contribution >= 0.6 is 11.6 Å². The fraction of sp³-hybridized carbons (Fsp3) is 0.294. The van der Waals surface area contributed by atoms with E-state index in [1.54, 1.807) is 17.3 Å². The average molecular weight is 335 g/mol. The van der Waals surface area contributed by atoms with Crippen LogP contribution in [0.3, 0.4) is 0 Å². The largest absolute Gasteiger partial charge is 0.489 e. The van der Waals surface area contributed by atoms with Crippen LogP contribution in [-0.2, 0) is 0 Å². The van der Waals surface area contributed by atoms with E-state index in [2.05, 4.69) is 4.98 Å². The van der Waals surface area contributed by atoms with Crippen molar-refractivity contribution in [2.75, 3.05) is 13.1 Å². The quantitative estimate of drug-likeness (QED) is 0.862. The van der Waals surface area contributed by atoms with Crippen LogP contribution < -0.4 is 4.74 Å². The van der Waals surface area contributed by atoms with Gasteiger partial charge in [0.15, 0.2) is 0 Å². The molecule has 2 heterocycles. The Bertz CT molecular complexity index is 688. The summed E-state index contributed by atoms with van der Waals surface area (Å²) in [5.74, 6) is 0.115. The molecule has 3 rings (SSSR count). The summed E-state index contributed by atoms with van der Waals surface area (Å²) < 4.78 is 18.9. The highest BCUT2D eigenvalue weighted by Crippen LogP contribution is 2.23.